The Hall–Kier alpha value is -1.73. The maximum atomic E-state index is 13.3. The molecule has 0 radical (unpaired) electrons. The second-order valence-electron chi connectivity index (χ2n) is 5.73. The Kier molecular flexibility index (Phi) is 6.25. The molecule has 1 aromatic rings. The summed E-state index contributed by atoms with van der Waals surface area (Å²) < 4.78 is 13.3. The molecule has 0 saturated carbocycles. The zero-order valence-electron chi connectivity index (χ0n) is 12.2. The average Bonchev–Trinajstić information content (AvgIpc) is 2.45. The summed E-state index contributed by atoms with van der Waals surface area (Å²) >= 11 is 0. The normalized spacial score (nSPS) is 20.8. The van der Waals surface area contributed by atoms with Crippen LogP contribution >= 0.6 is 12.4 Å². The van der Waals surface area contributed by atoms with Gasteiger partial charge in [-0.25, -0.2) is 4.39 Å². The monoisotopic (exact) mass is 331 g/mol. The highest BCUT2D eigenvalue weighted by Gasteiger charge is 2.27. The molecule has 1 aliphatic heterocycles. The van der Waals surface area contributed by atoms with E-state index >= 15 is 0 Å². The van der Waals surface area contributed by atoms with Gasteiger partial charge in [0.1, 0.15) is 5.82 Å². The van der Waals surface area contributed by atoms with E-state index in [0.717, 1.165) is 44.1 Å². The lowest BCUT2D eigenvalue weighted by atomic mass is 9.83. The second-order valence-corrected chi connectivity index (χ2v) is 5.73. The number of hydrogen-bond acceptors (Lipinski definition) is 4. The molecule has 8 heteroatoms. The molecule has 1 amide bonds. The van der Waals surface area contributed by atoms with Crippen LogP contribution in [0.25, 0.3) is 0 Å². The summed E-state index contributed by atoms with van der Waals surface area (Å²) in [5, 5.41) is 16.7. The number of nitrogens with one attached hydrogen (secondary N) is 2. The molecule has 0 aliphatic carbocycles. The number of carbonyl (C=O) groups is 1. The van der Waals surface area contributed by atoms with Crippen molar-refractivity contribution in [1.82, 2.24) is 10.6 Å². The first-order chi connectivity index (χ1) is 9.89. The van der Waals surface area contributed by atoms with E-state index in [4.69, 9.17) is 0 Å². The van der Waals surface area contributed by atoms with Crippen LogP contribution in [0.4, 0.5) is 10.1 Å². The Morgan fingerprint density at radius 2 is 2.23 bits per heavy atom. The van der Waals surface area contributed by atoms with Crippen LogP contribution in [0, 0.1) is 21.3 Å². The predicted molar refractivity (Wildman–Crippen MR) is 82.8 cm³/mol. The van der Waals surface area contributed by atoms with Crippen LogP contribution in [0.2, 0.25) is 0 Å². The van der Waals surface area contributed by atoms with E-state index < -0.39 is 22.3 Å². The third-order valence-electron chi connectivity index (χ3n) is 3.72. The molecule has 1 aromatic carbocycles. The summed E-state index contributed by atoms with van der Waals surface area (Å²) in [4.78, 5) is 22.0. The molecule has 1 atom stereocenters. The lowest BCUT2D eigenvalue weighted by Crippen LogP contribution is -2.45. The maximum Gasteiger partial charge on any atom is 0.273 e. The largest absolute Gasteiger partial charge is 0.351 e. The topological polar surface area (TPSA) is 84.3 Å². The quantitative estimate of drug-likeness (QED) is 0.655. The summed E-state index contributed by atoms with van der Waals surface area (Å²) in [6.07, 6.45) is 2.03. The van der Waals surface area contributed by atoms with E-state index in [1.54, 1.807) is 0 Å². The Morgan fingerprint density at radius 1 is 1.50 bits per heavy atom. The standard InChI is InChI=1S/C14H18FN3O3.ClH/c1-14(3-2-4-16-8-14)9-17-13(19)10-5-11(15)7-12(6-10)18(20)21;/h5-7,16H,2-4,8-9H2,1H3,(H,17,19);1H. The van der Waals surface area contributed by atoms with Crippen molar-refractivity contribution in [3.8, 4) is 0 Å². The zero-order valence-corrected chi connectivity index (χ0v) is 13.0. The smallest absolute Gasteiger partial charge is 0.273 e. The summed E-state index contributed by atoms with van der Waals surface area (Å²) in [6, 6.07) is 2.88. The number of amides is 1. The van der Waals surface area contributed by atoms with Crippen LogP contribution in [0.5, 0.6) is 0 Å². The Labute approximate surface area is 134 Å². The third kappa shape index (κ3) is 4.64. The second kappa shape index (κ2) is 7.51. The van der Waals surface area contributed by atoms with Gasteiger partial charge in [-0.3, -0.25) is 14.9 Å². The van der Waals surface area contributed by atoms with Crippen LogP contribution in [-0.4, -0.2) is 30.5 Å². The zero-order chi connectivity index (χ0) is 15.5. The highest BCUT2D eigenvalue weighted by Crippen LogP contribution is 2.24. The van der Waals surface area contributed by atoms with Crippen molar-refractivity contribution < 1.29 is 14.1 Å². The predicted octanol–water partition coefficient (Wildman–Crippen LogP) is 2.28. The Bertz CT molecular complexity index is 562. The minimum absolute atomic E-state index is 0. The van der Waals surface area contributed by atoms with Gasteiger partial charge in [0.05, 0.1) is 11.0 Å². The number of carbonyl (C=O) groups excluding carboxylic acids is 1. The van der Waals surface area contributed by atoms with E-state index in [0.29, 0.717) is 6.54 Å². The van der Waals surface area contributed by atoms with Gasteiger partial charge < -0.3 is 10.6 Å². The average molecular weight is 332 g/mol. The summed E-state index contributed by atoms with van der Waals surface area (Å²) in [5.41, 5.74) is -0.507. The van der Waals surface area contributed by atoms with Crippen LogP contribution in [0.3, 0.4) is 0 Å². The molecule has 1 saturated heterocycles. The molecule has 2 N–H and O–H groups in total. The number of piperidine rings is 1. The van der Waals surface area contributed by atoms with Crippen LogP contribution in [0.15, 0.2) is 18.2 Å². The first-order valence-electron chi connectivity index (χ1n) is 6.84. The van der Waals surface area contributed by atoms with E-state index in [1.807, 2.05) is 0 Å². The van der Waals surface area contributed by atoms with E-state index in [1.165, 1.54) is 0 Å². The molecule has 1 fully saturated rings. The third-order valence-corrected chi connectivity index (χ3v) is 3.72. The number of nitro benzene ring substituents is 1. The molecule has 1 heterocycles. The number of halogens is 2. The summed E-state index contributed by atoms with van der Waals surface area (Å²) in [7, 11) is 0. The molecule has 1 unspecified atom stereocenters. The van der Waals surface area contributed by atoms with Crippen LogP contribution in [-0.2, 0) is 0 Å². The number of rotatable bonds is 4. The number of nitro groups is 1. The summed E-state index contributed by atoms with van der Waals surface area (Å²) in [6.45, 7) is 4.28. The van der Waals surface area contributed by atoms with Crippen molar-refractivity contribution in [2.45, 2.75) is 19.8 Å². The molecular formula is C14H19ClFN3O3. The van der Waals surface area contributed by atoms with Gasteiger partial charge in [0.15, 0.2) is 0 Å². The van der Waals surface area contributed by atoms with Gasteiger partial charge in [-0.15, -0.1) is 12.4 Å². The van der Waals surface area contributed by atoms with Crippen LogP contribution < -0.4 is 10.6 Å². The van der Waals surface area contributed by atoms with Gasteiger partial charge in [0.25, 0.3) is 11.6 Å². The first-order valence-corrected chi connectivity index (χ1v) is 6.84. The highest BCUT2D eigenvalue weighted by molar-refractivity contribution is 5.94. The number of benzene rings is 1. The van der Waals surface area contributed by atoms with Gasteiger partial charge in [0, 0.05) is 24.7 Å². The minimum atomic E-state index is -0.792. The van der Waals surface area contributed by atoms with Gasteiger partial charge >= 0.3 is 0 Å². The lowest BCUT2D eigenvalue weighted by Gasteiger charge is -2.34. The van der Waals surface area contributed by atoms with Crippen molar-refractivity contribution in [3.63, 3.8) is 0 Å². The fourth-order valence-electron chi connectivity index (χ4n) is 2.48. The molecule has 22 heavy (non-hydrogen) atoms. The highest BCUT2D eigenvalue weighted by atomic mass is 35.5. The molecule has 0 aromatic heterocycles. The Morgan fingerprint density at radius 3 is 2.82 bits per heavy atom. The fourth-order valence-corrected chi connectivity index (χ4v) is 2.48. The molecule has 2 rings (SSSR count). The Balaban J connectivity index is 0.00000242. The van der Waals surface area contributed by atoms with Crippen molar-refractivity contribution in [2.24, 2.45) is 5.41 Å². The number of non-ortho nitro benzene ring substituents is 1. The summed E-state index contributed by atoms with van der Waals surface area (Å²) in [5.74, 6) is -1.29. The van der Waals surface area contributed by atoms with E-state index in [2.05, 4.69) is 17.6 Å². The molecule has 0 spiro atoms. The van der Waals surface area contributed by atoms with Crippen LogP contribution in [0.1, 0.15) is 30.1 Å². The van der Waals surface area contributed by atoms with Gasteiger partial charge in [-0.05, 0) is 30.9 Å². The fraction of sp³-hybridized carbons (Fsp3) is 0.500. The molecule has 122 valence electrons. The van der Waals surface area contributed by atoms with Gasteiger partial charge in [-0.2, -0.15) is 0 Å². The molecule has 1 aliphatic rings. The van der Waals surface area contributed by atoms with Crippen molar-refractivity contribution in [1.29, 1.82) is 0 Å². The lowest BCUT2D eigenvalue weighted by molar-refractivity contribution is -0.385. The van der Waals surface area contributed by atoms with E-state index in [9.17, 15) is 19.3 Å². The van der Waals surface area contributed by atoms with E-state index in [-0.39, 0.29) is 23.4 Å². The molecule has 6 nitrogen and oxygen atoms in total. The minimum Gasteiger partial charge on any atom is -0.351 e. The number of hydrogen-bond donors (Lipinski definition) is 2. The SMILES string of the molecule is CC1(CNC(=O)c2cc(F)cc([N+](=O)[O-])c2)CCCNC1.Cl. The van der Waals surface area contributed by atoms with Gasteiger partial charge in [-0.1, -0.05) is 6.92 Å². The molecule has 0 bridgehead atoms. The first kappa shape index (κ1) is 18.3. The maximum absolute atomic E-state index is 13.3. The number of nitrogens with zero attached hydrogens (tertiary/aromatic N) is 1. The van der Waals surface area contributed by atoms with Gasteiger partial charge in [0.2, 0.25) is 0 Å². The van der Waals surface area contributed by atoms with Crippen molar-refractivity contribution in [3.05, 3.63) is 39.7 Å². The van der Waals surface area contributed by atoms with Crippen molar-refractivity contribution >= 4 is 24.0 Å². The van der Waals surface area contributed by atoms with Crippen molar-refractivity contribution in [2.75, 3.05) is 19.6 Å². The molecular weight excluding hydrogens is 313 g/mol.